The third-order valence-electron chi connectivity index (χ3n) is 6.67. The van der Waals surface area contributed by atoms with Crippen LogP contribution in [-0.2, 0) is 28.7 Å². The van der Waals surface area contributed by atoms with Crippen molar-refractivity contribution in [1.82, 2.24) is 20.0 Å². The molecule has 3 heterocycles. The summed E-state index contributed by atoms with van der Waals surface area (Å²) in [6.45, 7) is 4.49. The van der Waals surface area contributed by atoms with Crippen LogP contribution in [0.5, 0.6) is 0 Å². The van der Waals surface area contributed by atoms with E-state index in [1.54, 1.807) is 4.90 Å². The molecule has 11 heteroatoms. The van der Waals surface area contributed by atoms with Crippen molar-refractivity contribution in [3.63, 3.8) is 0 Å². The number of rotatable bonds is 8. The van der Waals surface area contributed by atoms with Gasteiger partial charge in [0.1, 0.15) is 24.7 Å². The Labute approximate surface area is 199 Å². The lowest BCUT2D eigenvalue weighted by atomic mass is 9.99. The van der Waals surface area contributed by atoms with Gasteiger partial charge in [0, 0.05) is 32.1 Å². The molecule has 0 aromatic carbocycles. The van der Waals surface area contributed by atoms with Crippen LogP contribution in [-0.4, -0.2) is 106 Å². The Kier molecular flexibility index (Phi) is 8.87. The first-order chi connectivity index (χ1) is 16.2. The standard InChI is InChI=1S/C23H36N4O7/c1-15(2)24-21(31)17-6-3-4-10-26(17)22(32)19-12-16(29)13-27(19)20(30)8-11-34-23(33)18-7-5-9-25(18)14-28/h14-19,29H,3-13H2,1-2H3,(H,24,31). The number of β-amino-alcohol motifs (C(OH)–C–C–N with tert-alkyl or cyclic N) is 1. The number of carbonyl (C=O) groups is 5. The van der Waals surface area contributed by atoms with E-state index in [9.17, 15) is 29.1 Å². The minimum Gasteiger partial charge on any atom is -0.464 e. The van der Waals surface area contributed by atoms with Gasteiger partial charge in [-0.1, -0.05) is 0 Å². The highest BCUT2D eigenvalue weighted by Crippen LogP contribution is 2.26. The Morgan fingerprint density at radius 2 is 1.76 bits per heavy atom. The van der Waals surface area contributed by atoms with Crippen molar-refractivity contribution in [2.75, 3.05) is 26.2 Å². The molecule has 0 spiro atoms. The third-order valence-corrected chi connectivity index (χ3v) is 6.67. The van der Waals surface area contributed by atoms with E-state index >= 15 is 0 Å². The van der Waals surface area contributed by atoms with Gasteiger partial charge >= 0.3 is 5.97 Å². The molecule has 4 atom stereocenters. The number of aliphatic hydroxyl groups excluding tert-OH is 1. The SMILES string of the molecule is CC(C)NC(=O)C1CCCCN1C(=O)C1CC(O)CN1C(=O)CCOC(=O)C1CCCN1C=O. The minimum absolute atomic E-state index is 0.0153. The predicted molar refractivity (Wildman–Crippen MR) is 120 cm³/mol. The molecule has 0 radical (unpaired) electrons. The number of hydrogen-bond donors (Lipinski definition) is 2. The van der Waals surface area contributed by atoms with Crippen molar-refractivity contribution in [2.45, 2.75) is 89.1 Å². The Morgan fingerprint density at radius 1 is 1.03 bits per heavy atom. The van der Waals surface area contributed by atoms with Gasteiger partial charge in [-0.15, -0.1) is 0 Å². The van der Waals surface area contributed by atoms with Crippen molar-refractivity contribution in [3.05, 3.63) is 0 Å². The van der Waals surface area contributed by atoms with E-state index in [2.05, 4.69) is 5.32 Å². The second-order valence-electron chi connectivity index (χ2n) is 9.58. The Bertz CT molecular complexity index is 789. The average molecular weight is 481 g/mol. The first-order valence-electron chi connectivity index (χ1n) is 12.2. The van der Waals surface area contributed by atoms with E-state index in [0.717, 1.165) is 19.3 Å². The molecule has 11 nitrogen and oxygen atoms in total. The molecule has 3 aliphatic rings. The number of esters is 1. The zero-order valence-corrected chi connectivity index (χ0v) is 20.0. The molecule has 3 fully saturated rings. The maximum absolute atomic E-state index is 13.4. The molecule has 190 valence electrons. The van der Waals surface area contributed by atoms with E-state index in [1.165, 1.54) is 9.80 Å². The summed E-state index contributed by atoms with van der Waals surface area (Å²) in [6.07, 6.45) is 3.18. The molecule has 34 heavy (non-hydrogen) atoms. The van der Waals surface area contributed by atoms with Crippen LogP contribution in [0.2, 0.25) is 0 Å². The monoisotopic (exact) mass is 480 g/mol. The Balaban J connectivity index is 1.59. The van der Waals surface area contributed by atoms with Crippen LogP contribution < -0.4 is 5.32 Å². The molecule has 0 bridgehead atoms. The van der Waals surface area contributed by atoms with Crippen LogP contribution in [0.4, 0.5) is 0 Å². The Hall–Kier alpha value is -2.69. The highest BCUT2D eigenvalue weighted by atomic mass is 16.5. The van der Waals surface area contributed by atoms with Gasteiger partial charge in [0.2, 0.25) is 24.1 Å². The van der Waals surface area contributed by atoms with Gasteiger partial charge < -0.3 is 29.9 Å². The summed E-state index contributed by atoms with van der Waals surface area (Å²) < 4.78 is 5.21. The van der Waals surface area contributed by atoms with E-state index in [0.29, 0.717) is 32.3 Å². The lowest BCUT2D eigenvalue weighted by molar-refractivity contribution is -0.153. The van der Waals surface area contributed by atoms with Gasteiger partial charge in [0.05, 0.1) is 12.5 Å². The molecular formula is C23H36N4O7. The molecule has 3 saturated heterocycles. The van der Waals surface area contributed by atoms with E-state index in [4.69, 9.17) is 4.74 Å². The largest absolute Gasteiger partial charge is 0.464 e. The molecule has 2 N–H and O–H groups in total. The van der Waals surface area contributed by atoms with Crippen LogP contribution in [0.15, 0.2) is 0 Å². The fourth-order valence-corrected chi connectivity index (χ4v) is 5.01. The number of hydrogen-bond acceptors (Lipinski definition) is 7. The maximum Gasteiger partial charge on any atom is 0.328 e. The topological polar surface area (TPSA) is 137 Å². The maximum atomic E-state index is 13.4. The molecule has 0 aromatic rings. The highest BCUT2D eigenvalue weighted by Gasteiger charge is 2.43. The van der Waals surface area contributed by atoms with Crippen LogP contribution in [0.25, 0.3) is 0 Å². The van der Waals surface area contributed by atoms with Crippen molar-refractivity contribution in [2.24, 2.45) is 0 Å². The van der Waals surface area contributed by atoms with Crippen molar-refractivity contribution < 1.29 is 33.8 Å². The number of nitrogens with one attached hydrogen (secondary N) is 1. The minimum atomic E-state index is -0.856. The summed E-state index contributed by atoms with van der Waals surface area (Å²) in [4.78, 5) is 66.5. The van der Waals surface area contributed by atoms with Gasteiger partial charge in [-0.3, -0.25) is 19.2 Å². The van der Waals surface area contributed by atoms with Crippen molar-refractivity contribution in [1.29, 1.82) is 0 Å². The fourth-order valence-electron chi connectivity index (χ4n) is 5.01. The highest BCUT2D eigenvalue weighted by molar-refractivity contribution is 5.93. The normalized spacial score (nSPS) is 27.1. The number of carbonyl (C=O) groups excluding carboxylic acids is 5. The third kappa shape index (κ3) is 6.05. The lowest BCUT2D eigenvalue weighted by Gasteiger charge is -2.38. The number of piperidine rings is 1. The molecule has 0 saturated carbocycles. The number of nitrogens with zero attached hydrogens (tertiary/aromatic N) is 3. The zero-order chi connectivity index (χ0) is 24.8. The Morgan fingerprint density at radius 3 is 2.47 bits per heavy atom. The quantitative estimate of drug-likeness (QED) is 0.350. The lowest BCUT2D eigenvalue weighted by Crippen LogP contribution is -2.57. The van der Waals surface area contributed by atoms with Gasteiger partial charge in [-0.2, -0.15) is 0 Å². The van der Waals surface area contributed by atoms with Crippen molar-refractivity contribution in [3.8, 4) is 0 Å². The predicted octanol–water partition coefficient (Wildman–Crippen LogP) is -0.592. The number of amides is 4. The van der Waals surface area contributed by atoms with Gasteiger partial charge in [-0.05, 0) is 46.0 Å². The van der Waals surface area contributed by atoms with Gasteiger partial charge in [-0.25, -0.2) is 4.79 Å². The van der Waals surface area contributed by atoms with Crippen LogP contribution in [0.3, 0.4) is 0 Å². The van der Waals surface area contributed by atoms with Crippen LogP contribution in [0, 0.1) is 0 Å². The summed E-state index contributed by atoms with van der Waals surface area (Å²) in [7, 11) is 0. The molecule has 4 unspecified atom stereocenters. The molecule has 3 rings (SSSR count). The first-order valence-corrected chi connectivity index (χ1v) is 12.2. The second kappa shape index (κ2) is 11.6. The summed E-state index contributed by atoms with van der Waals surface area (Å²) in [5.74, 6) is -1.49. The van der Waals surface area contributed by atoms with Crippen LogP contribution in [0.1, 0.15) is 58.8 Å². The molecule has 4 amide bonds. The summed E-state index contributed by atoms with van der Waals surface area (Å²) in [5.41, 5.74) is 0. The van der Waals surface area contributed by atoms with Gasteiger partial charge in [0.25, 0.3) is 0 Å². The number of likely N-dealkylation sites (tertiary alicyclic amines) is 3. The second-order valence-corrected chi connectivity index (χ2v) is 9.58. The van der Waals surface area contributed by atoms with E-state index in [1.807, 2.05) is 13.8 Å². The number of aliphatic hydroxyl groups is 1. The van der Waals surface area contributed by atoms with Crippen molar-refractivity contribution >= 4 is 30.1 Å². The summed E-state index contributed by atoms with van der Waals surface area (Å²) >= 11 is 0. The molecular weight excluding hydrogens is 444 g/mol. The summed E-state index contributed by atoms with van der Waals surface area (Å²) in [6, 6.07) is -2.12. The molecule has 3 aliphatic heterocycles. The average Bonchev–Trinajstić information content (AvgIpc) is 3.44. The molecule has 0 aliphatic carbocycles. The first kappa shape index (κ1) is 25.9. The van der Waals surface area contributed by atoms with Crippen LogP contribution >= 0.6 is 0 Å². The zero-order valence-electron chi connectivity index (χ0n) is 20.0. The smallest absolute Gasteiger partial charge is 0.328 e. The van der Waals surface area contributed by atoms with E-state index in [-0.39, 0.29) is 43.8 Å². The van der Waals surface area contributed by atoms with E-state index < -0.39 is 36.1 Å². The summed E-state index contributed by atoms with van der Waals surface area (Å²) in [5, 5.41) is 13.1. The van der Waals surface area contributed by atoms with Gasteiger partial charge in [0.15, 0.2) is 0 Å². The fraction of sp³-hybridized carbons (Fsp3) is 0.783. The molecule has 0 aromatic heterocycles. The number of ether oxygens (including phenoxy) is 1.